The molecule has 2 aromatic heterocycles. The summed E-state index contributed by atoms with van der Waals surface area (Å²) in [6.45, 7) is -0.0110. The summed E-state index contributed by atoms with van der Waals surface area (Å²) in [6, 6.07) is 21.2. The number of rotatable bonds is 4. The SMILES string of the molecule is NC(=O)c1cnc2cc(-c3ccccc3)c(-c3ccc(CO)cc3)nc2c1. The molecule has 0 aliphatic rings. The van der Waals surface area contributed by atoms with Crippen molar-refractivity contribution in [3.8, 4) is 22.4 Å². The van der Waals surface area contributed by atoms with Gasteiger partial charge < -0.3 is 10.8 Å². The van der Waals surface area contributed by atoms with E-state index in [1.165, 1.54) is 6.20 Å². The normalized spacial score (nSPS) is 10.9. The van der Waals surface area contributed by atoms with Crippen LogP contribution in [0.5, 0.6) is 0 Å². The van der Waals surface area contributed by atoms with Gasteiger partial charge in [-0.1, -0.05) is 54.6 Å². The maximum absolute atomic E-state index is 11.5. The summed E-state index contributed by atoms with van der Waals surface area (Å²) in [5.41, 5.74) is 11.5. The van der Waals surface area contributed by atoms with Gasteiger partial charge in [0.05, 0.1) is 28.9 Å². The zero-order valence-electron chi connectivity index (χ0n) is 14.5. The second-order valence-corrected chi connectivity index (χ2v) is 6.23. The Labute approximate surface area is 156 Å². The lowest BCUT2D eigenvalue weighted by atomic mass is 9.98. The minimum absolute atomic E-state index is 0.0110. The molecule has 2 aromatic carbocycles. The number of benzene rings is 2. The van der Waals surface area contributed by atoms with Crippen LogP contribution in [0.1, 0.15) is 15.9 Å². The highest BCUT2D eigenvalue weighted by Gasteiger charge is 2.13. The van der Waals surface area contributed by atoms with E-state index in [9.17, 15) is 9.90 Å². The van der Waals surface area contributed by atoms with Gasteiger partial charge in [-0.25, -0.2) is 4.98 Å². The maximum atomic E-state index is 11.5. The molecule has 27 heavy (non-hydrogen) atoms. The van der Waals surface area contributed by atoms with Gasteiger partial charge in [0.2, 0.25) is 5.91 Å². The number of fused-ring (bicyclic) bond motifs is 1. The van der Waals surface area contributed by atoms with Crippen molar-refractivity contribution in [2.45, 2.75) is 6.61 Å². The van der Waals surface area contributed by atoms with Crippen LogP contribution in [-0.2, 0) is 6.61 Å². The zero-order chi connectivity index (χ0) is 18.8. The molecule has 0 fully saturated rings. The zero-order valence-corrected chi connectivity index (χ0v) is 14.5. The number of hydrogen-bond acceptors (Lipinski definition) is 4. The van der Waals surface area contributed by atoms with E-state index in [2.05, 4.69) is 4.98 Å². The van der Waals surface area contributed by atoms with Crippen molar-refractivity contribution < 1.29 is 9.90 Å². The summed E-state index contributed by atoms with van der Waals surface area (Å²) in [4.78, 5) is 20.6. The second-order valence-electron chi connectivity index (χ2n) is 6.23. The smallest absolute Gasteiger partial charge is 0.250 e. The molecule has 0 bridgehead atoms. The molecule has 0 spiro atoms. The number of nitrogens with zero attached hydrogens (tertiary/aromatic N) is 2. The van der Waals surface area contributed by atoms with Crippen LogP contribution < -0.4 is 5.73 Å². The van der Waals surface area contributed by atoms with Crippen LogP contribution in [0.15, 0.2) is 72.9 Å². The summed E-state index contributed by atoms with van der Waals surface area (Å²) in [7, 11) is 0. The first-order chi connectivity index (χ1) is 13.2. The van der Waals surface area contributed by atoms with E-state index in [-0.39, 0.29) is 6.61 Å². The van der Waals surface area contributed by atoms with Gasteiger partial charge in [0.25, 0.3) is 0 Å². The highest BCUT2D eigenvalue weighted by molar-refractivity contribution is 5.97. The Hall–Kier alpha value is -3.57. The first kappa shape index (κ1) is 16.9. The van der Waals surface area contributed by atoms with Gasteiger partial charge in [-0.15, -0.1) is 0 Å². The van der Waals surface area contributed by atoms with E-state index in [0.717, 1.165) is 27.9 Å². The molecule has 5 nitrogen and oxygen atoms in total. The molecule has 4 rings (SSSR count). The molecule has 0 saturated heterocycles. The fraction of sp³-hybridized carbons (Fsp3) is 0.0455. The number of carbonyl (C=O) groups is 1. The first-order valence-corrected chi connectivity index (χ1v) is 8.52. The number of nitrogens with two attached hydrogens (primary N) is 1. The molecule has 0 saturated carbocycles. The molecule has 2 heterocycles. The van der Waals surface area contributed by atoms with Crippen molar-refractivity contribution in [3.63, 3.8) is 0 Å². The van der Waals surface area contributed by atoms with E-state index in [1.807, 2.05) is 60.7 Å². The number of carbonyl (C=O) groups excluding carboxylic acids is 1. The van der Waals surface area contributed by atoms with Crippen molar-refractivity contribution in [2.24, 2.45) is 5.73 Å². The van der Waals surface area contributed by atoms with E-state index < -0.39 is 5.91 Å². The Kier molecular flexibility index (Phi) is 4.36. The van der Waals surface area contributed by atoms with Gasteiger partial charge >= 0.3 is 0 Å². The predicted molar refractivity (Wildman–Crippen MR) is 105 cm³/mol. The summed E-state index contributed by atoms with van der Waals surface area (Å²) in [5.74, 6) is -0.535. The van der Waals surface area contributed by atoms with Crippen LogP contribution in [0.25, 0.3) is 33.4 Å². The number of aliphatic hydroxyl groups excluding tert-OH is 1. The summed E-state index contributed by atoms with van der Waals surface area (Å²) in [5, 5.41) is 9.29. The molecule has 1 amide bonds. The molecule has 5 heteroatoms. The average molecular weight is 355 g/mol. The van der Waals surface area contributed by atoms with Crippen LogP contribution in [-0.4, -0.2) is 21.0 Å². The molecule has 0 radical (unpaired) electrons. The number of hydrogen-bond donors (Lipinski definition) is 2. The second kappa shape index (κ2) is 6.97. The number of amides is 1. The lowest BCUT2D eigenvalue weighted by Gasteiger charge is -2.12. The third kappa shape index (κ3) is 3.28. The van der Waals surface area contributed by atoms with E-state index in [4.69, 9.17) is 10.7 Å². The van der Waals surface area contributed by atoms with Gasteiger partial charge in [0, 0.05) is 17.3 Å². The maximum Gasteiger partial charge on any atom is 0.250 e. The molecular weight excluding hydrogens is 338 g/mol. The Morgan fingerprint density at radius 2 is 1.67 bits per heavy atom. The fourth-order valence-electron chi connectivity index (χ4n) is 3.01. The van der Waals surface area contributed by atoms with Gasteiger partial charge in [0.15, 0.2) is 0 Å². The van der Waals surface area contributed by atoms with Gasteiger partial charge in [-0.3, -0.25) is 9.78 Å². The van der Waals surface area contributed by atoms with Crippen LogP contribution in [0.2, 0.25) is 0 Å². The lowest BCUT2D eigenvalue weighted by Crippen LogP contribution is -2.11. The first-order valence-electron chi connectivity index (χ1n) is 8.52. The minimum Gasteiger partial charge on any atom is -0.392 e. The van der Waals surface area contributed by atoms with Crippen molar-refractivity contribution in [1.82, 2.24) is 9.97 Å². The standard InChI is InChI=1S/C22H17N3O2/c23-22(27)17-10-20-19(24-12-17)11-18(15-4-2-1-3-5-15)21(25-20)16-8-6-14(13-26)7-9-16/h1-12,26H,13H2,(H2,23,27). The van der Waals surface area contributed by atoms with Crippen LogP contribution >= 0.6 is 0 Å². The molecule has 3 N–H and O–H groups in total. The Balaban J connectivity index is 1.97. The number of primary amides is 1. The summed E-state index contributed by atoms with van der Waals surface area (Å²) >= 11 is 0. The minimum atomic E-state index is -0.535. The summed E-state index contributed by atoms with van der Waals surface area (Å²) < 4.78 is 0. The number of pyridine rings is 2. The van der Waals surface area contributed by atoms with Gasteiger partial charge in [0.1, 0.15) is 0 Å². The lowest BCUT2D eigenvalue weighted by molar-refractivity contribution is 0.1000. The van der Waals surface area contributed by atoms with Crippen molar-refractivity contribution in [3.05, 3.63) is 84.1 Å². The highest BCUT2D eigenvalue weighted by atomic mass is 16.3. The average Bonchev–Trinajstić information content (AvgIpc) is 2.73. The fourth-order valence-corrected chi connectivity index (χ4v) is 3.01. The van der Waals surface area contributed by atoms with Crippen LogP contribution in [0.3, 0.4) is 0 Å². The molecule has 0 aliphatic carbocycles. The van der Waals surface area contributed by atoms with Crippen molar-refractivity contribution in [2.75, 3.05) is 0 Å². The third-order valence-electron chi connectivity index (χ3n) is 4.45. The van der Waals surface area contributed by atoms with Crippen LogP contribution in [0.4, 0.5) is 0 Å². The van der Waals surface area contributed by atoms with Crippen LogP contribution in [0, 0.1) is 0 Å². The third-order valence-corrected chi connectivity index (χ3v) is 4.45. The molecule has 0 atom stereocenters. The van der Waals surface area contributed by atoms with Crippen molar-refractivity contribution in [1.29, 1.82) is 0 Å². The largest absolute Gasteiger partial charge is 0.392 e. The Morgan fingerprint density at radius 1 is 0.926 bits per heavy atom. The Morgan fingerprint density at radius 3 is 2.33 bits per heavy atom. The number of aromatic nitrogens is 2. The van der Waals surface area contributed by atoms with E-state index >= 15 is 0 Å². The summed E-state index contributed by atoms with van der Waals surface area (Å²) in [6.07, 6.45) is 1.47. The quantitative estimate of drug-likeness (QED) is 0.586. The van der Waals surface area contributed by atoms with Gasteiger partial charge in [-0.05, 0) is 23.3 Å². The monoisotopic (exact) mass is 355 g/mol. The molecule has 4 aromatic rings. The van der Waals surface area contributed by atoms with E-state index in [0.29, 0.717) is 16.6 Å². The molecular formula is C22H17N3O2. The topological polar surface area (TPSA) is 89.1 Å². The van der Waals surface area contributed by atoms with Crippen molar-refractivity contribution >= 4 is 16.9 Å². The van der Waals surface area contributed by atoms with Gasteiger partial charge in [-0.2, -0.15) is 0 Å². The molecule has 132 valence electrons. The molecule has 0 unspecified atom stereocenters. The predicted octanol–water partition coefficient (Wildman–Crippen LogP) is 3.56. The number of aliphatic hydroxyl groups is 1. The highest BCUT2D eigenvalue weighted by Crippen LogP contribution is 2.33. The van der Waals surface area contributed by atoms with E-state index in [1.54, 1.807) is 6.07 Å². The molecule has 0 aliphatic heterocycles. The Bertz CT molecular complexity index is 1120.